The highest BCUT2D eigenvalue weighted by Crippen LogP contribution is 2.23. The lowest BCUT2D eigenvalue weighted by Gasteiger charge is -2.34. The van der Waals surface area contributed by atoms with Crippen LogP contribution in [0.3, 0.4) is 0 Å². The summed E-state index contributed by atoms with van der Waals surface area (Å²) in [4.78, 5) is 2.68. The van der Waals surface area contributed by atoms with Crippen molar-refractivity contribution >= 4 is 0 Å². The molecule has 2 fully saturated rings. The van der Waals surface area contributed by atoms with Gasteiger partial charge in [0.05, 0.1) is 0 Å². The van der Waals surface area contributed by atoms with Crippen LogP contribution in [-0.4, -0.2) is 37.1 Å². The van der Waals surface area contributed by atoms with E-state index in [0.717, 1.165) is 5.92 Å². The SMILES string of the molecule is CC1CN(CC2CCCCCC2)CCN1. The number of nitrogens with one attached hydrogen (secondary N) is 1. The topological polar surface area (TPSA) is 15.3 Å². The largest absolute Gasteiger partial charge is 0.312 e. The molecule has 0 bridgehead atoms. The minimum absolute atomic E-state index is 0.699. The third kappa shape index (κ3) is 3.76. The maximum absolute atomic E-state index is 3.52. The Bertz CT molecular complexity index is 173. The van der Waals surface area contributed by atoms with Crippen LogP contribution >= 0.6 is 0 Å². The van der Waals surface area contributed by atoms with E-state index in [-0.39, 0.29) is 0 Å². The van der Waals surface area contributed by atoms with E-state index in [0.29, 0.717) is 6.04 Å². The van der Waals surface area contributed by atoms with Gasteiger partial charge in [-0.2, -0.15) is 0 Å². The first-order chi connectivity index (χ1) is 7.34. The van der Waals surface area contributed by atoms with E-state index in [1.807, 2.05) is 0 Å². The van der Waals surface area contributed by atoms with Crippen LogP contribution < -0.4 is 5.32 Å². The summed E-state index contributed by atoms with van der Waals surface area (Å²) < 4.78 is 0. The highest BCUT2D eigenvalue weighted by atomic mass is 15.2. The van der Waals surface area contributed by atoms with Crippen molar-refractivity contribution in [2.45, 2.75) is 51.5 Å². The molecule has 88 valence electrons. The first-order valence-electron chi connectivity index (χ1n) is 6.80. The molecule has 1 saturated carbocycles. The lowest BCUT2D eigenvalue weighted by atomic mass is 9.99. The summed E-state index contributed by atoms with van der Waals surface area (Å²) in [7, 11) is 0. The summed E-state index contributed by atoms with van der Waals surface area (Å²) in [6.45, 7) is 7.39. The second kappa shape index (κ2) is 5.86. The lowest BCUT2D eigenvalue weighted by molar-refractivity contribution is 0.172. The van der Waals surface area contributed by atoms with E-state index in [4.69, 9.17) is 0 Å². The second-order valence-corrected chi connectivity index (χ2v) is 5.47. The fourth-order valence-electron chi connectivity index (χ4n) is 3.09. The van der Waals surface area contributed by atoms with Crippen molar-refractivity contribution in [3.8, 4) is 0 Å². The third-order valence-corrected chi connectivity index (χ3v) is 3.94. The average Bonchev–Trinajstić information content (AvgIpc) is 2.46. The first kappa shape index (κ1) is 11.4. The second-order valence-electron chi connectivity index (χ2n) is 5.47. The first-order valence-corrected chi connectivity index (χ1v) is 6.80. The van der Waals surface area contributed by atoms with Crippen molar-refractivity contribution < 1.29 is 0 Å². The van der Waals surface area contributed by atoms with E-state index >= 15 is 0 Å². The number of piperazine rings is 1. The molecular weight excluding hydrogens is 184 g/mol. The van der Waals surface area contributed by atoms with Gasteiger partial charge in [-0.25, -0.2) is 0 Å². The molecule has 0 radical (unpaired) electrons. The predicted octanol–water partition coefficient (Wildman–Crippen LogP) is 2.25. The van der Waals surface area contributed by atoms with E-state index in [2.05, 4.69) is 17.1 Å². The third-order valence-electron chi connectivity index (χ3n) is 3.94. The number of hydrogen-bond acceptors (Lipinski definition) is 2. The van der Waals surface area contributed by atoms with Crippen LogP contribution in [0.2, 0.25) is 0 Å². The van der Waals surface area contributed by atoms with Gasteiger partial charge in [0.25, 0.3) is 0 Å². The maximum atomic E-state index is 3.52. The van der Waals surface area contributed by atoms with Crippen LogP contribution in [0.1, 0.15) is 45.4 Å². The molecule has 1 unspecified atom stereocenters. The zero-order valence-electron chi connectivity index (χ0n) is 10.2. The number of hydrogen-bond donors (Lipinski definition) is 1. The summed E-state index contributed by atoms with van der Waals surface area (Å²) in [5.74, 6) is 0.998. The van der Waals surface area contributed by atoms with Crippen molar-refractivity contribution in [3.63, 3.8) is 0 Å². The molecule has 0 aromatic rings. The zero-order valence-corrected chi connectivity index (χ0v) is 10.2. The molecule has 0 aromatic carbocycles. The maximum Gasteiger partial charge on any atom is 0.0167 e. The smallest absolute Gasteiger partial charge is 0.0167 e. The van der Waals surface area contributed by atoms with Crippen molar-refractivity contribution in [2.75, 3.05) is 26.2 Å². The van der Waals surface area contributed by atoms with Crippen LogP contribution in [0.25, 0.3) is 0 Å². The van der Waals surface area contributed by atoms with Crippen molar-refractivity contribution in [1.82, 2.24) is 10.2 Å². The molecule has 1 heterocycles. The van der Waals surface area contributed by atoms with E-state index in [1.54, 1.807) is 0 Å². The molecule has 0 amide bonds. The lowest BCUT2D eigenvalue weighted by Crippen LogP contribution is -2.50. The summed E-state index contributed by atoms with van der Waals surface area (Å²) in [6, 6.07) is 0.699. The molecule has 1 N–H and O–H groups in total. The van der Waals surface area contributed by atoms with Crippen molar-refractivity contribution in [1.29, 1.82) is 0 Å². The molecule has 0 aromatic heterocycles. The Morgan fingerprint density at radius 3 is 2.53 bits per heavy atom. The molecule has 1 saturated heterocycles. The molecule has 15 heavy (non-hydrogen) atoms. The van der Waals surface area contributed by atoms with Gasteiger partial charge < -0.3 is 10.2 Å². The van der Waals surface area contributed by atoms with Gasteiger partial charge in [0.2, 0.25) is 0 Å². The van der Waals surface area contributed by atoms with E-state index in [1.165, 1.54) is 64.7 Å². The summed E-state index contributed by atoms with van der Waals surface area (Å²) in [6.07, 6.45) is 8.89. The quantitative estimate of drug-likeness (QED) is 0.703. The molecule has 1 aliphatic heterocycles. The van der Waals surface area contributed by atoms with Gasteiger partial charge in [-0.3, -0.25) is 0 Å². The standard InChI is InChI=1S/C13H26N2/c1-12-10-15(9-8-14-12)11-13-6-4-2-3-5-7-13/h12-14H,2-11H2,1H3. The van der Waals surface area contributed by atoms with Gasteiger partial charge in [-0.05, 0) is 25.7 Å². The van der Waals surface area contributed by atoms with Crippen LogP contribution in [0.4, 0.5) is 0 Å². The highest BCUT2D eigenvalue weighted by molar-refractivity contribution is 4.77. The van der Waals surface area contributed by atoms with Crippen LogP contribution in [-0.2, 0) is 0 Å². The van der Waals surface area contributed by atoms with Gasteiger partial charge in [-0.1, -0.05) is 25.7 Å². The Morgan fingerprint density at radius 2 is 1.87 bits per heavy atom. The summed E-state index contributed by atoms with van der Waals surface area (Å²) >= 11 is 0. The fraction of sp³-hybridized carbons (Fsp3) is 1.00. The van der Waals surface area contributed by atoms with Gasteiger partial charge >= 0.3 is 0 Å². The Kier molecular flexibility index (Phi) is 4.45. The Labute approximate surface area is 94.4 Å². The Morgan fingerprint density at radius 1 is 1.13 bits per heavy atom. The van der Waals surface area contributed by atoms with Gasteiger partial charge in [0, 0.05) is 32.2 Å². The van der Waals surface area contributed by atoms with Crippen LogP contribution in [0.15, 0.2) is 0 Å². The molecule has 2 heteroatoms. The molecule has 1 atom stereocenters. The average molecular weight is 210 g/mol. The number of rotatable bonds is 2. The summed E-state index contributed by atoms with van der Waals surface area (Å²) in [5, 5.41) is 3.52. The van der Waals surface area contributed by atoms with Crippen molar-refractivity contribution in [3.05, 3.63) is 0 Å². The molecule has 2 rings (SSSR count). The minimum Gasteiger partial charge on any atom is -0.312 e. The normalized spacial score (nSPS) is 31.4. The molecule has 0 spiro atoms. The van der Waals surface area contributed by atoms with E-state index < -0.39 is 0 Å². The Hall–Kier alpha value is -0.0800. The van der Waals surface area contributed by atoms with Crippen LogP contribution in [0.5, 0.6) is 0 Å². The molecule has 2 nitrogen and oxygen atoms in total. The van der Waals surface area contributed by atoms with Gasteiger partial charge in [0.1, 0.15) is 0 Å². The van der Waals surface area contributed by atoms with Crippen molar-refractivity contribution in [2.24, 2.45) is 5.92 Å². The van der Waals surface area contributed by atoms with Crippen LogP contribution in [0, 0.1) is 5.92 Å². The number of nitrogens with zero attached hydrogens (tertiary/aromatic N) is 1. The monoisotopic (exact) mass is 210 g/mol. The van der Waals surface area contributed by atoms with Gasteiger partial charge in [-0.15, -0.1) is 0 Å². The molecule has 2 aliphatic rings. The highest BCUT2D eigenvalue weighted by Gasteiger charge is 2.20. The van der Waals surface area contributed by atoms with E-state index in [9.17, 15) is 0 Å². The zero-order chi connectivity index (χ0) is 10.5. The minimum atomic E-state index is 0.699. The Balaban J connectivity index is 1.74. The molecule has 1 aliphatic carbocycles. The fourth-order valence-corrected chi connectivity index (χ4v) is 3.09. The summed E-state index contributed by atoms with van der Waals surface area (Å²) in [5.41, 5.74) is 0. The van der Waals surface area contributed by atoms with Gasteiger partial charge in [0.15, 0.2) is 0 Å². The predicted molar refractivity (Wildman–Crippen MR) is 65.1 cm³/mol. The molecular formula is C13H26N2.